The highest BCUT2D eigenvalue weighted by atomic mass is 16.5. The highest BCUT2D eigenvalue weighted by molar-refractivity contribution is 5.57. The molecule has 0 amide bonds. The number of methoxy groups -OCH3 is 3. The van der Waals surface area contributed by atoms with Crippen molar-refractivity contribution in [1.82, 2.24) is 10.1 Å². The Bertz CT molecular complexity index is 863. The van der Waals surface area contributed by atoms with Gasteiger partial charge >= 0.3 is 6.01 Å². The molecule has 1 N–H and O–H groups in total. The van der Waals surface area contributed by atoms with Crippen LogP contribution in [0.3, 0.4) is 0 Å². The minimum Gasteiger partial charge on any atom is -0.497 e. The van der Waals surface area contributed by atoms with Crippen molar-refractivity contribution >= 4 is 6.01 Å². The van der Waals surface area contributed by atoms with E-state index in [1.807, 2.05) is 42.5 Å². The molecule has 3 aromatic rings. The average Bonchev–Trinajstić information content (AvgIpc) is 3.17. The maximum absolute atomic E-state index is 5.38. The largest absolute Gasteiger partial charge is 0.497 e. The summed E-state index contributed by atoms with van der Waals surface area (Å²) in [6, 6.07) is 13.6. The quantitative estimate of drug-likeness (QED) is 0.663. The van der Waals surface area contributed by atoms with Gasteiger partial charge in [0.15, 0.2) is 0 Å². The molecule has 0 aliphatic heterocycles. The average molecular weight is 355 g/mol. The van der Waals surface area contributed by atoms with Crippen LogP contribution in [0.5, 0.6) is 17.2 Å². The van der Waals surface area contributed by atoms with E-state index < -0.39 is 0 Å². The van der Waals surface area contributed by atoms with Gasteiger partial charge in [-0.3, -0.25) is 0 Å². The van der Waals surface area contributed by atoms with Crippen LogP contribution in [0.15, 0.2) is 47.0 Å². The van der Waals surface area contributed by atoms with Crippen molar-refractivity contribution in [2.75, 3.05) is 33.2 Å². The van der Waals surface area contributed by atoms with Gasteiger partial charge in [-0.05, 0) is 42.3 Å². The smallest absolute Gasteiger partial charge is 0.321 e. The lowest BCUT2D eigenvalue weighted by Gasteiger charge is -2.10. The molecule has 1 aromatic heterocycles. The molecule has 0 atom stereocenters. The van der Waals surface area contributed by atoms with Crippen molar-refractivity contribution in [2.45, 2.75) is 6.42 Å². The zero-order valence-corrected chi connectivity index (χ0v) is 15.0. The van der Waals surface area contributed by atoms with Crippen LogP contribution < -0.4 is 19.5 Å². The second kappa shape index (κ2) is 8.24. The van der Waals surface area contributed by atoms with Crippen LogP contribution in [0.1, 0.15) is 5.56 Å². The topological polar surface area (TPSA) is 78.6 Å². The molecule has 1 heterocycles. The van der Waals surface area contributed by atoms with E-state index in [4.69, 9.17) is 18.7 Å². The van der Waals surface area contributed by atoms with Crippen LogP contribution in [0.4, 0.5) is 6.01 Å². The van der Waals surface area contributed by atoms with Crippen LogP contribution in [-0.4, -0.2) is 38.0 Å². The van der Waals surface area contributed by atoms with Gasteiger partial charge in [0.25, 0.3) is 0 Å². The Morgan fingerprint density at radius 1 is 0.962 bits per heavy atom. The predicted molar refractivity (Wildman–Crippen MR) is 98.0 cm³/mol. The Kier molecular flexibility index (Phi) is 5.58. The lowest BCUT2D eigenvalue weighted by atomic mass is 10.1. The fourth-order valence-electron chi connectivity index (χ4n) is 2.56. The second-order valence-corrected chi connectivity index (χ2v) is 5.51. The summed E-state index contributed by atoms with van der Waals surface area (Å²) in [5.74, 6) is 2.85. The monoisotopic (exact) mass is 355 g/mol. The van der Waals surface area contributed by atoms with Crippen molar-refractivity contribution < 1.29 is 18.7 Å². The first-order valence-corrected chi connectivity index (χ1v) is 8.16. The molecule has 0 aliphatic rings. The van der Waals surface area contributed by atoms with E-state index >= 15 is 0 Å². The lowest BCUT2D eigenvalue weighted by Crippen LogP contribution is -2.06. The normalized spacial score (nSPS) is 10.4. The number of hydrogen-bond donors (Lipinski definition) is 1. The first-order chi connectivity index (χ1) is 12.7. The molecule has 0 bridgehead atoms. The predicted octanol–water partition coefficient (Wildman–Crippen LogP) is 3.42. The SMILES string of the molecule is COc1cccc(-c2noc(NCCc3cc(OC)ccc3OC)n2)c1. The van der Waals surface area contributed by atoms with Gasteiger partial charge in [0.2, 0.25) is 5.82 Å². The molecule has 7 nitrogen and oxygen atoms in total. The molecule has 0 aliphatic carbocycles. The van der Waals surface area contributed by atoms with Crippen LogP contribution in [0, 0.1) is 0 Å². The van der Waals surface area contributed by atoms with Gasteiger partial charge in [-0.25, -0.2) is 0 Å². The second-order valence-electron chi connectivity index (χ2n) is 5.51. The fourth-order valence-corrected chi connectivity index (χ4v) is 2.56. The number of benzene rings is 2. The highest BCUT2D eigenvalue weighted by Crippen LogP contribution is 2.25. The van der Waals surface area contributed by atoms with Gasteiger partial charge in [0, 0.05) is 12.1 Å². The van der Waals surface area contributed by atoms with Crippen LogP contribution in [-0.2, 0) is 6.42 Å². The van der Waals surface area contributed by atoms with Crippen molar-refractivity contribution in [3.63, 3.8) is 0 Å². The summed E-state index contributed by atoms with van der Waals surface area (Å²) in [6.07, 6.45) is 0.719. The van der Waals surface area contributed by atoms with Gasteiger partial charge < -0.3 is 24.1 Å². The molecule has 26 heavy (non-hydrogen) atoms. The molecule has 0 saturated carbocycles. The number of nitrogens with one attached hydrogen (secondary N) is 1. The van der Waals surface area contributed by atoms with E-state index in [0.717, 1.165) is 34.8 Å². The molecule has 0 spiro atoms. The van der Waals surface area contributed by atoms with Gasteiger partial charge in [-0.15, -0.1) is 0 Å². The minimum absolute atomic E-state index is 0.365. The third kappa shape index (κ3) is 4.05. The Morgan fingerprint density at radius 2 is 1.77 bits per heavy atom. The molecule has 3 rings (SSSR count). The maximum Gasteiger partial charge on any atom is 0.321 e. The fraction of sp³-hybridized carbons (Fsp3) is 0.263. The van der Waals surface area contributed by atoms with Gasteiger partial charge in [0.1, 0.15) is 17.2 Å². The minimum atomic E-state index is 0.365. The van der Waals surface area contributed by atoms with E-state index in [-0.39, 0.29) is 0 Å². The molecule has 2 aromatic carbocycles. The maximum atomic E-state index is 5.38. The standard InChI is InChI=1S/C19H21N3O4/c1-23-15-6-4-5-14(12-15)18-21-19(26-22-18)20-10-9-13-11-16(24-2)7-8-17(13)25-3/h4-8,11-12H,9-10H2,1-3H3,(H,20,21,22). The van der Waals surface area contributed by atoms with Gasteiger partial charge in [-0.2, -0.15) is 4.98 Å². The Labute approximate surface area is 151 Å². The molecule has 0 fully saturated rings. The zero-order valence-electron chi connectivity index (χ0n) is 15.0. The van der Waals surface area contributed by atoms with Crippen molar-refractivity contribution in [1.29, 1.82) is 0 Å². The van der Waals surface area contributed by atoms with Crippen molar-refractivity contribution in [3.05, 3.63) is 48.0 Å². The molecule has 0 radical (unpaired) electrons. The molecular weight excluding hydrogens is 334 g/mol. The number of anilines is 1. The van der Waals surface area contributed by atoms with Crippen LogP contribution >= 0.6 is 0 Å². The third-order valence-corrected chi connectivity index (χ3v) is 3.91. The number of ether oxygens (including phenoxy) is 3. The molecule has 7 heteroatoms. The molecule has 0 unspecified atom stereocenters. The van der Waals surface area contributed by atoms with Gasteiger partial charge in [-0.1, -0.05) is 17.3 Å². The van der Waals surface area contributed by atoms with E-state index in [1.54, 1.807) is 21.3 Å². The summed E-state index contributed by atoms with van der Waals surface area (Å²) >= 11 is 0. The summed E-state index contributed by atoms with van der Waals surface area (Å²) < 4.78 is 21.1. The van der Waals surface area contributed by atoms with Crippen LogP contribution in [0.2, 0.25) is 0 Å². The number of nitrogens with zero attached hydrogens (tertiary/aromatic N) is 2. The van der Waals surface area contributed by atoms with Crippen LogP contribution in [0.25, 0.3) is 11.4 Å². The van der Waals surface area contributed by atoms with Gasteiger partial charge in [0.05, 0.1) is 21.3 Å². The molecular formula is C19H21N3O4. The third-order valence-electron chi connectivity index (χ3n) is 3.91. The first kappa shape index (κ1) is 17.6. The summed E-state index contributed by atoms with van der Waals surface area (Å²) in [4.78, 5) is 4.36. The Balaban J connectivity index is 1.63. The number of rotatable bonds is 8. The summed E-state index contributed by atoms with van der Waals surface area (Å²) in [6.45, 7) is 0.614. The number of aromatic nitrogens is 2. The van der Waals surface area contributed by atoms with E-state index in [1.165, 1.54) is 0 Å². The highest BCUT2D eigenvalue weighted by Gasteiger charge is 2.10. The summed E-state index contributed by atoms with van der Waals surface area (Å²) in [5.41, 5.74) is 1.86. The summed E-state index contributed by atoms with van der Waals surface area (Å²) in [5, 5.41) is 7.13. The number of hydrogen-bond acceptors (Lipinski definition) is 7. The van der Waals surface area contributed by atoms with E-state index in [2.05, 4.69) is 15.5 Å². The lowest BCUT2D eigenvalue weighted by molar-refractivity contribution is 0.398. The van der Waals surface area contributed by atoms with Crippen molar-refractivity contribution in [3.8, 4) is 28.6 Å². The Hall–Kier alpha value is -3.22. The van der Waals surface area contributed by atoms with E-state index in [9.17, 15) is 0 Å². The first-order valence-electron chi connectivity index (χ1n) is 8.16. The van der Waals surface area contributed by atoms with Crippen molar-refractivity contribution in [2.24, 2.45) is 0 Å². The zero-order chi connectivity index (χ0) is 18.4. The summed E-state index contributed by atoms with van der Waals surface area (Å²) in [7, 11) is 4.91. The molecule has 136 valence electrons. The Morgan fingerprint density at radius 3 is 2.54 bits per heavy atom. The van der Waals surface area contributed by atoms with E-state index in [0.29, 0.717) is 18.4 Å². The molecule has 0 saturated heterocycles.